The van der Waals surface area contributed by atoms with Crippen LogP contribution in [0.25, 0.3) is 0 Å². The Morgan fingerprint density at radius 1 is 1.19 bits per heavy atom. The second-order valence-electron chi connectivity index (χ2n) is 7.11. The highest BCUT2D eigenvalue weighted by molar-refractivity contribution is 9.10. The van der Waals surface area contributed by atoms with Gasteiger partial charge in [0.15, 0.2) is 5.69 Å². The first-order valence-electron chi connectivity index (χ1n) is 8.89. The molecule has 1 aromatic carbocycles. The van der Waals surface area contributed by atoms with Crippen LogP contribution in [0.2, 0.25) is 0 Å². The number of ether oxygens (including phenoxy) is 1. The maximum absolute atomic E-state index is 13.1. The largest absolute Gasteiger partial charge is 0.458 e. The summed E-state index contributed by atoms with van der Waals surface area (Å²) in [5, 5.41) is 0. The van der Waals surface area contributed by atoms with E-state index in [0.717, 1.165) is 34.0 Å². The summed E-state index contributed by atoms with van der Waals surface area (Å²) in [6.45, 7) is 7.94. The van der Waals surface area contributed by atoms with Crippen LogP contribution in [-0.4, -0.2) is 17.1 Å². The Hall–Kier alpha value is -1.75. The minimum absolute atomic E-state index is 0.195. The average Bonchev–Trinajstić information content (AvgIpc) is 2.56. The van der Waals surface area contributed by atoms with Crippen molar-refractivity contribution in [3.05, 3.63) is 63.1 Å². The van der Waals surface area contributed by atoms with Crippen molar-refractivity contribution < 1.29 is 13.9 Å². The number of hydrogen-bond acceptors (Lipinski definition) is 3. The van der Waals surface area contributed by atoms with Gasteiger partial charge >= 0.3 is 5.97 Å². The molecule has 0 fully saturated rings. The van der Waals surface area contributed by atoms with E-state index in [1.165, 1.54) is 12.1 Å². The molecule has 140 valence electrons. The summed E-state index contributed by atoms with van der Waals surface area (Å²) in [4.78, 5) is 16.8. The van der Waals surface area contributed by atoms with Gasteiger partial charge in [0.05, 0.1) is 6.10 Å². The maximum Gasteiger partial charge on any atom is 0.357 e. The Morgan fingerprint density at radius 2 is 1.85 bits per heavy atom. The first kappa shape index (κ1) is 20.6. The lowest BCUT2D eigenvalue weighted by molar-refractivity contribution is 0.0369. The summed E-state index contributed by atoms with van der Waals surface area (Å²) in [6.07, 6.45) is 3.80. The molecule has 0 atom stereocenters. The molecule has 26 heavy (non-hydrogen) atoms. The van der Waals surface area contributed by atoms with Gasteiger partial charge in [0.2, 0.25) is 0 Å². The Kier molecular flexibility index (Phi) is 7.33. The lowest BCUT2D eigenvalue weighted by Crippen LogP contribution is -2.17. The highest BCUT2D eigenvalue weighted by Gasteiger charge is 2.21. The van der Waals surface area contributed by atoms with Gasteiger partial charge in [0.25, 0.3) is 0 Å². The van der Waals surface area contributed by atoms with Crippen LogP contribution in [0, 0.1) is 11.7 Å². The summed E-state index contributed by atoms with van der Waals surface area (Å²) in [6, 6.07) is 6.42. The number of pyridine rings is 1. The van der Waals surface area contributed by atoms with Crippen molar-refractivity contribution in [2.24, 2.45) is 5.92 Å². The first-order valence-corrected chi connectivity index (χ1v) is 9.69. The Morgan fingerprint density at radius 3 is 2.42 bits per heavy atom. The van der Waals surface area contributed by atoms with E-state index >= 15 is 0 Å². The second kappa shape index (κ2) is 9.26. The number of aromatic nitrogens is 1. The average molecular weight is 422 g/mol. The van der Waals surface area contributed by atoms with Crippen LogP contribution in [0.3, 0.4) is 0 Å². The van der Waals surface area contributed by atoms with Crippen molar-refractivity contribution in [2.45, 2.75) is 53.1 Å². The zero-order valence-electron chi connectivity index (χ0n) is 15.7. The fourth-order valence-corrected chi connectivity index (χ4v) is 3.26. The van der Waals surface area contributed by atoms with Crippen molar-refractivity contribution in [2.75, 3.05) is 0 Å². The zero-order valence-corrected chi connectivity index (χ0v) is 17.3. The summed E-state index contributed by atoms with van der Waals surface area (Å²) < 4.78 is 19.3. The molecule has 0 aliphatic carbocycles. The van der Waals surface area contributed by atoms with E-state index in [4.69, 9.17) is 4.74 Å². The molecule has 1 heterocycles. The molecular weight excluding hydrogens is 397 g/mol. The third-order valence-corrected chi connectivity index (χ3v) is 4.99. The third kappa shape index (κ3) is 5.63. The fraction of sp³-hybridized carbons (Fsp3) is 0.429. The van der Waals surface area contributed by atoms with Gasteiger partial charge in [0, 0.05) is 17.1 Å². The minimum atomic E-state index is -0.396. The van der Waals surface area contributed by atoms with E-state index in [0.29, 0.717) is 18.0 Å². The molecule has 0 aliphatic rings. The molecule has 2 aromatic rings. The summed E-state index contributed by atoms with van der Waals surface area (Å²) in [5.74, 6) is -0.139. The molecule has 0 N–H and O–H groups in total. The van der Waals surface area contributed by atoms with Crippen molar-refractivity contribution in [3.8, 4) is 0 Å². The predicted octanol–water partition coefficient (Wildman–Crippen LogP) is 5.73. The zero-order chi connectivity index (χ0) is 19.3. The highest BCUT2D eigenvalue weighted by Crippen LogP contribution is 2.28. The van der Waals surface area contributed by atoms with Gasteiger partial charge in [-0.05, 0) is 61.4 Å². The van der Waals surface area contributed by atoms with Crippen molar-refractivity contribution in [3.63, 3.8) is 0 Å². The highest BCUT2D eigenvalue weighted by atomic mass is 79.9. The molecule has 1 aromatic heterocycles. The molecule has 2 rings (SSSR count). The molecule has 0 radical (unpaired) electrons. The standard InChI is InChI=1S/C21H25BrFNO2/c1-13(2)5-10-18-19(22)16(11-15-6-8-17(23)9-7-15)12-24-20(18)21(25)26-14(3)4/h6-9,12-14H,5,10-11H2,1-4H3. The quantitative estimate of drug-likeness (QED) is 0.535. The molecule has 0 aliphatic heterocycles. The molecule has 0 saturated carbocycles. The van der Waals surface area contributed by atoms with Gasteiger partial charge in [-0.2, -0.15) is 0 Å². The molecule has 0 bridgehead atoms. The van der Waals surface area contributed by atoms with E-state index in [-0.39, 0.29) is 11.9 Å². The number of nitrogens with zero attached hydrogens (tertiary/aromatic N) is 1. The van der Waals surface area contributed by atoms with E-state index in [9.17, 15) is 9.18 Å². The van der Waals surface area contributed by atoms with Crippen LogP contribution < -0.4 is 0 Å². The van der Waals surface area contributed by atoms with Gasteiger partial charge < -0.3 is 4.74 Å². The number of benzene rings is 1. The van der Waals surface area contributed by atoms with Crippen LogP contribution in [0.15, 0.2) is 34.9 Å². The van der Waals surface area contributed by atoms with Crippen molar-refractivity contribution in [1.82, 2.24) is 4.98 Å². The van der Waals surface area contributed by atoms with E-state index in [1.54, 1.807) is 18.3 Å². The van der Waals surface area contributed by atoms with Gasteiger partial charge in [-0.3, -0.25) is 0 Å². The van der Waals surface area contributed by atoms with Crippen molar-refractivity contribution in [1.29, 1.82) is 0 Å². The maximum atomic E-state index is 13.1. The first-order chi connectivity index (χ1) is 12.3. The van der Waals surface area contributed by atoms with Crippen LogP contribution in [-0.2, 0) is 17.6 Å². The lowest BCUT2D eigenvalue weighted by atomic mass is 9.98. The van der Waals surface area contributed by atoms with Crippen LogP contribution in [0.4, 0.5) is 4.39 Å². The SMILES string of the molecule is CC(C)CCc1c(C(=O)OC(C)C)ncc(Cc2ccc(F)cc2)c1Br. The minimum Gasteiger partial charge on any atom is -0.458 e. The number of carbonyl (C=O) groups excluding carboxylic acids is 1. The van der Waals surface area contributed by atoms with Crippen LogP contribution >= 0.6 is 15.9 Å². The van der Waals surface area contributed by atoms with Gasteiger partial charge in [0.1, 0.15) is 5.82 Å². The third-order valence-electron chi connectivity index (χ3n) is 4.00. The normalized spacial score (nSPS) is 11.2. The van der Waals surface area contributed by atoms with Crippen LogP contribution in [0.1, 0.15) is 61.3 Å². The summed E-state index contributed by atoms with van der Waals surface area (Å²) >= 11 is 3.67. The van der Waals surface area contributed by atoms with Crippen molar-refractivity contribution >= 4 is 21.9 Å². The Labute approximate surface area is 163 Å². The van der Waals surface area contributed by atoms with Gasteiger partial charge in [-0.15, -0.1) is 0 Å². The molecule has 0 amide bonds. The molecule has 0 saturated heterocycles. The van der Waals surface area contributed by atoms with E-state index < -0.39 is 5.97 Å². The van der Waals surface area contributed by atoms with E-state index in [1.807, 2.05) is 13.8 Å². The molecule has 5 heteroatoms. The number of carbonyl (C=O) groups is 1. The van der Waals surface area contributed by atoms with Gasteiger partial charge in [-0.1, -0.05) is 41.9 Å². The number of halogens is 2. The monoisotopic (exact) mass is 421 g/mol. The second-order valence-corrected chi connectivity index (χ2v) is 7.91. The molecule has 0 spiro atoms. The van der Waals surface area contributed by atoms with Gasteiger partial charge in [-0.25, -0.2) is 14.2 Å². The molecular formula is C21H25BrFNO2. The topological polar surface area (TPSA) is 39.2 Å². The van der Waals surface area contributed by atoms with Crippen LogP contribution in [0.5, 0.6) is 0 Å². The van der Waals surface area contributed by atoms with E-state index in [2.05, 4.69) is 34.8 Å². The number of esters is 1. The number of hydrogen-bond donors (Lipinski definition) is 0. The lowest BCUT2D eigenvalue weighted by Gasteiger charge is -2.16. The molecule has 3 nitrogen and oxygen atoms in total. The molecule has 0 unspecified atom stereocenters. The predicted molar refractivity (Wildman–Crippen MR) is 105 cm³/mol. The smallest absolute Gasteiger partial charge is 0.357 e. The Bertz CT molecular complexity index is 757. The Balaban J connectivity index is 2.36. The summed E-state index contributed by atoms with van der Waals surface area (Å²) in [5.41, 5.74) is 3.20. The number of rotatable bonds is 7. The fourth-order valence-electron chi connectivity index (χ4n) is 2.63. The summed E-state index contributed by atoms with van der Waals surface area (Å²) in [7, 11) is 0.